The first-order chi connectivity index (χ1) is 9.81. The van der Waals surface area contributed by atoms with Crippen molar-refractivity contribution in [3.05, 3.63) is 46.5 Å². The van der Waals surface area contributed by atoms with Crippen LogP contribution in [0, 0.1) is 0 Å². The third-order valence-corrected chi connectivity index (χ3v) is 4.37. The smallest absolute Gasteiger partial charge is 0.0480 e. The molecular weight excluding hydrogens is 270 g/mol. The molecule has 1 aromatic rings. The van der Waals surface area contributed by atoms with Crippen LogP contribution in [0.5, 0.6) is 0 Å². The molecule has 1 aromatic carbocycles. The van der Waals surface area contributed by atoms with Crippen LogP contribution in [-0.2, 0) is 4.74 Å². The second kappa shape index (κ2) is 6.75. The lowest BCUT2D eigenvalue weighted by molar-refractivity contribution is 0.0779. The molecule has 2 aliphatic rings. The zero-order chi connectivity index (χ0) is 13.8. The number of rotatable bonds is 5. The number of benzene rings is 1. The molecule has 1 N–H and O–H groups in total. The maximum Gasteiger partial charge on any atom is 0.0480 e. The number of ether oxygens (including phenoxy) is 1. The molecule has 1 heterocycles. The lowest BCUT2D eigenvalue weighted by Gasteiger charge is -2.25. The van der Waals surface area contributed by atoms with Crippen molar-refractivity contribution in [2.75, 3.05) is 19.8 Å². The van der Waals surface area contributed by atoms with Gasteiger partial charge in [0.2, 0.25) is 0 Å². The van der Waals surface area contributed by atoms with E-state index in [1.54, 1.807) is 5.57 Å². The van der Waals surface area contributed by atoms with Crippen LogP contribution < -0.4 is 5.32 Å². The average Bonchev–Trinajstić information content (AvgIpc) is 3.30. The molecule has 0 radical (unpaired) electrons. The minimum absolute atomic E-state index is 0.465. The Balaban J connectivity index is 1.63. The van der Waals surface area contributed by atoms with Gasteiger partial charge in [0, 0.05) is 36.7 Å². The molecule has 1 atom stereocenters. The number of nitrogens with one attached hydrogen (secondary N) is 1. The van der Waals surface area contributed by atoms with Crippen LogP contribution in [-0.4, -0.2) is 25.8 Å². The lowest BCUT2D eigenvalue weighted by atomic mass is 9.97. The fourth-order valence-electron chi connectivity index (χ4n) is 2.70. The molecular formula is C17H22ClNO. The molecule has 3 heteroatoms. The van der Waals surface area contributed by atoms with E-state index in [0.29, 0.717) is 12.0 Å². The first kappa shape index (κ1) is 14.1. The fraction of sp³-hybridized carbons (Fsp3) is 0.529. The van der Waals surface area contributed by atoms with Crippen molar-refractivity contribution < 1.29 is 4.74 Å². The summed E-state index contributed by atoms with van der Waals surface area (Å²) in [5.74, 6) is 0.465. The molecule has 1 aliphatic heterocycles. The van der Waals surface area contributed by atoms with E-state index in [0.717, 1.165) is 37.6 Å². The summed E-state index contributed by atoms with van der Waals surface area (Å²) in [5.41, 5.74) is 2.95. The summed E-state index contributed by atoms with van der Waals surface area (Å²) in [6.45, 7) is 2.80. The second-order valence-corrected chi connectivity index (χ2v) is 6.21. The van der Waals surface area contributed by atoms with Crippen LogP contribution in [0.15, 0.2) is 35.9 Å². The van der Waals surface area contributed by atoms with E-state index in [4.69, 9.17) is 16.3 Å². The van der Waals surface area contributed by atoms with Crippen molar-refractivity contribution in [3.8, 4) is 0 Å². The van der Waals surface area contributed by atoms with Crippen molar-refractivity contribution >= 4 is 11.6 Å². The van der Waals surface area contributed by atoms with E-state index in [1.807, 2.05) is 12.1 Å². The van der Waals surface area contributed by atoms with Gasteiger partial charge in [0.05, 0.1) is 0 Å². The van der Waals surface area contributed by atoms with Gasteiger partial charge in [0.15, 0.2) is 0 Å². The summed E-state index contributed by atoms with van der Waals surface area (Å²) in [4.78, 5) is 0. The Hall–Kier alpha value is -0.830. The SMILES string of the molecule is Clc1ccc(C(C=C2CC2)CNC2CCOCC2)cc1. The van der Waals surface area contributed by atoms with Crippen LogP contribution >= 0.6 is 11.6 Å². The topological polar surface area (TPSA) is 21.3 Å². The minimum atomic E-state index is 0.465. The quantitative estimate of drug-likeness (QED) is 0.831. The Kier molecular flexibility index (Phi) is 4.77. The highest BCUT2D eigenvalue weighted by Crippen LogP contribution is 2.32. The standard InChI is InChI=1S/C17H22ClNO/c18-16-5-3-14(4-6-16)15(11-13-1-2-13)12-19-17-7-9-20-10-8-17/h3-6,11,15,17,19H,1-2,7-10,12H2. The van der Waals surface area contributed by atoms with E-state index < -0.39 is 0 Å². The second-order valence-electron chi connectivity index (χ2n) is 5.78. The molecule has 0 amide bonds. The van der Waals surface area contributed by atoms with Gasteiger partial charge >= 0.3 is 0 Å². The molecule has 0 bridgehead atoms. The number of allylic oxidation sites excluding steroid dienone is 1. The minimum Gasteiger partial charge on any atom is -0.381 e. The van der Waals surface area contributed by atoms with Gasteiger partial charge in [-0.3, -0.25) is 0 Å². The van der Waals surface area contributed by atoms with Crippen LogP contribution in [0.3, 0.4) is 0 Å². The highest BCUT2D eigenvalue weighted by molar-refractivity contribution is 6.30. The number of hydrogen-bond donors (Lipinski definition) is 1. The molecule has 20 heavy (non-hydrogen) atoms. The Morgan fingerprint density at radius 3 is 2.55 bits per heavy atom. The Labute approximate surface area is 126 Å². The molecule has 0 aromatic heterocycles. The fourth-order valence-corrected chi connectivity index (χ4v) is 2.83. The molecule has 108 valence electrons. The number of halogens is 1. The summed E-state index contributed by atoms with van der Waals surface area (Å²) >= 11 is 5.99. The van der Waals surface area contributed by atoms with Gasteiger partial charge in [-0.1, -0.05) is 35.4 Å². The van der Waals surface area contributed by atoms with Gasteiger partial charge < -0.3 is 10.1 Å². The molecule has 1 aliphatic carbocycles. The van der Waals surface area contributed by atoms with Crippen molar-refractivity contribution in [3.63, 3.8) is 0 Å². The van der Waals surface area contributed by atoms with E-state index in [1.165, 1.54) is 18.4 Å². The van der Waals surface area contributed by atoms with Gasteiger partial charge in [0.1, 0.15) is 0 Å². The predicted octanol–water partition coefficient (Wildman–Crippen LogP) is 3.91. The van der Waals surface area contributed by atoms with Crippen molar-refractivity contribution in [1.29, 1.82) is 0 Å². The highest BCUT2D eigenvalue weighted by Gasteiger charge is 2.19. The summed E-state index contributed by atoms with van der Waals surface area (Å²) in [6.07, 6.45) is 7.26. The average molecular weight is 292 g/mol. The van der Waals surface area contributed by atoms with Gasteiger partial charge in [0.25, 0.3) is 0 Å². The van der Waals surface area contributed by atoms with E-state index in [2.05, 4.69) is 23.5 Å². The molecule has 3 rings (SSSR count). The molecule has 2 fully saturated rings. The Bertz CT molecular complexity index is 456. The summed E-state index contributed by atoms with van der Waals surface area (Å²) < 4.78 is 5.41. The lowest BCUT2D eigenvalue weighted by Crippen LogP contribution is -2.36. The summed E-state index contributed by atoms with van der Waals surface area (Å²) in [7, 11) is 0. The summed E-state index contributed by atoms with van der Waals surface area (Å²) in [6, 6.07) is 8.89. The Morgan fingerprint density at radius 1 is 1.20 bits per heavy atom. The van der Waals surface area contributed by atoms with E-state index >= 15 is 0 Å². The maximum absolute atomic E-state index is 5.99. The van der Waals surface area contributed by atoms with Crippen LogP contribution in [0.2, 0.25) is 5.02 Å². The van der Waals surface area contributed by atoms with Crippen LogP contribution in [0.25, 0.3) is 0 Å². The molecule has 1 saturated heterocycles. The van der Waals surface area contributed by atoms with Crippen LogP contribution in [0.4, 0.5) is 0 Å². The largest absolute Gasteiger partial charge is 0.381 e. The Morgan fingerprint density at radius 2 is 1.90 bits per heavy atom. The molecule has 2 nitrogen and oxygen atoms in total. The van der Waals surface area contributed by atoms with E-state index in [9.17, 15) is 0 Å². The van der Waals surface area contributed by atoms with Gasteiger partial charge in [-0.25, -0.2) is 0 Å². The first-order valence-corrected chi connectivity index (χ1v) is 7.95. The highest BCUT2D eigenvalue weighted by atomic mass is 35.5. The zero-order valence-electron chi connectivity index (χ0n) is 11.8. The van der Waals surface area contributed by atoms with Crippen LogP contribution in [0.1, 0.15) is 37.2 Å². The van der Waals surface area contributed by atoms with Gasteiger partial charge in [-0.15, -0.1) is 0 Å². The maximum atomic E-state index is 5.99. The van der Waals surface area contributed by atoms with E-state index in [-0.39, 0.29) is 0 Å². The first-order valence-electron chi connectivity index (χ1n) is 7.57. The third-order valence-electron chi connectivity index (χ3n) is 4.12. The monoisotopic (exact) mass is 291 g/mol. The predicted molar refractivity (Wildman–Crippen MR) is 83.4 cm³/mol. The van der Waals surface area contributed by atoms with Crippen molar-refractivity contribution in [2.24, 2.45) is 0 Å². The zero-order valence-corrected chi connectivity index (χ0v) is 12.5. The normalized spacial score (nSPS) is 20.8. The van der Waals surface area contributed by atoms with Gasteiger partial charge in [-0.05, 0) is 43.4 Å². The third kappa shape index (κ3) is 4.08. The molecule has 1 unspecified atom stereocenters. The molecule has 0 spiro atoms. The summed E-state index contributed by atoms with van der Waals surface area (Å²) in [5, 5.41) is 4.52. The molecule has 1 saturated carbocycles. The van der Waals surface area contributed by atoms with Crippen molar-refractivity contribution in [2.45, 2.75) is 37.6 Å². The number of hydrogen-bond acceptors (Lipinski definition) is 2. The van der Waals surface area contributed by atoms with Gasteiger partial charge in [-0.2, -0.15) is 0 Å². The van der Waals surface area contributed by atoms with Crippen molar-refractivity contribution in [1.82, 2.24) is 5.32 Å².